The maximum Gasteiger partial charge on any atom is 0.147 e. The lowest BCUT2D eigenvalue weighted by atomic mass is 9.96. The molecule has 4 N–H and O–H groups in total. The monoisotopic (exact) mass is 653 g/mol. The van der Waals surface area contributed by atoms with E-state index in [1.807, 2.05) is 24.3 Å². The third-order valence-corrected chi connectivity index (χ3v) is 11.1. The Kier molecular flexibility index (Phi) is 7.28. The maximum atomic E-state index is 9.74. The molecule has 9 rings (SSSR count). The van der Waals surface area contributed by atoms with Crippen molar-refractivity contribution in [2.24, 2.45) is 0 Å². The predicted octanol–water partition coefficient (Wildman–Crippen LogP) is 8.55. The molecule has 1 saturated heterocycles. The third-order valence-electron chi connectivity index (χ3n) is 11.1. The Hall–Kier alpha value is -6.06. The van der Waals surface area contributed by atoms with Gasteiger partial charge in [0.05, 0.1) is 50.0 Å². The van der Waals surface area contributed by atoms with Crippen LogP contribution in [-0.2, 0) is 12.8 Å². The van der Waals surface area contributed by atoms with Gasteiger partial charge < -0.3 is 19.9 Å². The van der Waals surface area contributed by atoms with Gasteiger partial charge in [-0.3, -0.25) is 9.38 Å². The van der Waals surface area contributed by atoms with Crippen LogP contribution >= 0.6 is 0 Å². The number of nitrogens with zero attached hydrogens (tertiary/aromatic N) is 4. The summed E-state index contributed by atoms with van der Waals surface area (Å²) in [6.07, 6.45) is 11.1. The zero-order valence-electron chi connectivity index (χ0n) is 27.7. The number of benzene rings is 4. The number of nitrogens with one attached hydrogen (secondary N) is 4. The number of aromatic nitrogens is 4. The van der Waals surface area contributed by atoms with E-state index in [0.717, 1.165) is 82.8 Å². The molecule has 4 aromatic carbocycles. The van der Waals surface area contributed by atoms with Gasteiger partial charge in [0.25, 0.3) is 0 Å². The SMILES string of the molecule is N#Cc1cccc2c(CCC3C[N+](c4cccc5[nH]ccc45)(c4cccc5[nH]ccc45)CCN3CCc3c[nH]c4c(C#N)cccc34)c[nH]c12. The Bertz CT molecular complexity index is 2530. The molecule has 50 heavy (non-hydrogen) atoms. The van der Waals surface area contributed by atoms with Crippen LogP contribution in [0.2, 0.25) is 0 Å². The average Bonchev–Trinajstić information content (AvgIpc) is 3.99. The van der Waals surface area contributed by atoms with Crippen molar-refractivity contribution in [3.8, 4) is 12.1 Å². The van der Waals surface area contributed by atoms with Gasteiger partial charge in [0.1, 0.15) is 36.6 Å². The first-order valence-electron chi connectivity index (χ1n) is 17.4. The largest absolute Gasteiger partial charge is 0.361 e. The van der Waals surface area contributed by atoms with Crippen LogP contribution in [0.15, 0.2) is 110 Å². The summed E-state index contributed by atoms with van der Waals surface area (Å²) in [5.74, 6) is 0. The molecule has 1 fully saturated rings. The molecule has 4 aromatic heterocycles. The van der Waals surface area contributed by atoms with Crippen molar-refractivity contribution in [2.75, 3.05) is 26.2 Å². The van der Waals surface area contributed by atoms with E-state index in [1.165, 1.54) is 33.3 Å². The number of rotatable bonds is 8. The van der Waals surface area contributed by atoms with Crippen LogP contribution in [0.3, 0.4) is 0 Å². The summed E-state index contributed by atoms with van der Waals surface area (Å²) in [7, 11) is 0. The normalized spacial score (nSPS) is 16.3. The van der Waals surface area contributed by atoms with Crippen molar-refractivity contribution < 1.29 is 0 Å². The molecule has 244 valence electrons. The van der Waals surface area contributed by atoms with E-state index in [0.29, 0.717) is 11.1 Å². The van der Waals surface area contributed by atoms with Crippen molar-refractivity contribution >= 4 is 55.0 Å². The molecule has 1 unspecified atom stereocenters. The molecule has 0 radical (unpaired) electrons. The molecule has 0 bridgehead atoms. The number of piperazine rings is 1. The molecular weight excluding hydrogens is 617 g/mol. The second-order valence-corrected chi connectivity index (χ2v) is 13.6. The van der Waals surface area contributed by atoms with E-state index in [1.54, 1.807) is 0 Å². The minimum atomic E-state index is 0.274. The molecule has 5 heterocycles. The topological polar surface area (TPSA) is 114 Å². The van der Waals surface area contributed by atoms with Crippen molar-refractivity contribution in [3.05, 3.63) is 132 Å². The van der Waals surface area contributed by atoms with Crippen molar-refractivity contribution in [1.82, 2.24) is 29.3 Å². The second kappa shape index (κ2) is 12.1. The minimum Gasteiger partial charge on any atom is -0.361 e. The fourth-order valence-electron chi connectivity index (χ4n) is 8.68. The van der Waals surface area contributed by atoms with E-state index >= 15 is 0 Å². The maximum absolute atomic E-state index is 9.74. The number of aryl methyl sites for hydroxylation is 1. The first-order valence-corrected chi connectivity index (χ1v) is 17.4. The molecule has 8 aromatic rings. The highest BCUT2D eigenvalue weighted by Gasteiger charge is 2.44. The number of nitriles is 2. The second-order valence-electron chi connectivity index (χ2n) is 13.6. The molecule has 0 amide bonds. The van der Waals surface area contributed by atoms with Crippen molar-refractivity contribution in [2.45, 2.75) is 25.3 Å². The van der Waals surface area contributed by atoms with Gasteiger partial charge in [0.15, 0.2) is 0 Å². The molecule has 0 aliphatic carbocycles. The van der Waals surface area contributed by atoms with Crippen molar-refractivity contribution in [1.29, 1.82) is 10.5 Å². The molecule has 0 spiro atoms. The van der Waals surface area contributed by atoms with E-state index in [4.69, 9.17) is 0 Å². The van der Waals surface area contributed by atoms with E-state index in [9.17, 15) is 10.5 Å². The standard InChI is InChI=1S/C42H37N8/c43-23-28-5-1-7-33-30(25-47-41(28)33)13-14-32-27-50(39-11-3-9-37-35(39)15-18-45-37,40-12-4-10-38-36(40)16-19-46-38)22-21-49(32)20-17-31-26-48-42-29(24-44)6-2-8-34(31)42/h1-12,15-16,18-19,25-26,32,45-48H,13-14,17,20-22,27H2/q+1. The van der Waals surface area contributed by atoms with Crippen LogP contribution in [0.4, 0.5) is 11.4 Å². The Labute approximate surface area is 289 Å². The fraction of sp³-hybridized carbons (Fsp3) is 0.190. The highest BCUT2D eigenvalue weighted by Crippen LogP contribution is 2.45. The first-order chi connectivity index (χ1) is 24.7. The van der Waals surface area contributed by atoms with Crippen molar-refractivity contribution in [3.63, 3.8) is 0 Å². The molecule has 8 heteroatoms. The number of quaternary nitrogens is 1. The fourth-order valence-corrected chi connectivity index (χ4v) is 8.68. The van der Waals surface area contributed by atoms with Gasteiger partial charge >= 0.3 is 0 Å². The van der Waals surface area contributed by atoms with Gasteiger partial charge in [-0.1, -0.05) is 36.4 Å². The number of fused-ring (bicyclic) bond motifs is 4. The van der Waals surface area contributed by atoms with E-state index in [2.05, 4.69) is 122 Å². The molecule has 1 atom stereocenters. The lowest BCUT2D eigenvalue weighted by molar-refractivity contribution is 0.103. The number of H-pyrrole nitrogens is 4. The molecule has 1 aliphatic rings. The van der Waals surface area contributed by atoms with Gasteiger partial charge in [0, 0.05) is 60.8 Å². The van der Waals surface area contributed by atoms with Crippen LogP contribution < -0.4 is 4.48 Å². The summed E-state index contributed by atoms with van der Waals surface area (Å²) in [4.78, 5) is 16.4. The molecular formula is C42H37N8+. The minimum absolute atomic E-state index is 0.274. The Balaban J connectivity index is 1.12. The summed E-state index contributed by atoms with van der Waals surface area (Å²) < 4.78 is 0.761. The zero-order chi connectivity index (χ0) is 33.7. The summed E-state index contributed by atoms with van der Waals surface area (Å²) in [6, 6.07) is 34.8. The van der Waals surface area contributed by atoms with Crippen LogP contribution in [0.5, 0.6) is 0 Å². The Morgan fingerprint density at radius 1 is 0.640 bits per heavy atom. The number of aromatic amines is 4. The quantitative estimate of drug-likeness (QED) is 0.123. The Morgan fingerprint density at radius 3 is 1.78 bits per heavy atom. The molecule has 1 aliphatic heterocycles. The number of hydrogen-bond donors (Lipinski definition) is 4. The van der Waals surface area contributed by atoms with Gasteiger partial charge in [-0.25, -0.2) is 0 Å². The Morgan fingerprint density at radius 2 is 1.20 bits per heavy atom. The number of para-hydroxylation sites is 2. The van der Waals surface area contributed by atoms with Gasteiger partial charge in [-0.05, 0) is 66.8 Å². The van der Waals surface area contributed by atoms with Crippen LogP contribution in [0, 0.1) is 22.7 Å². The summed E-state index contributed by atoms with van der Waals surface area (Å²) in [6.45, 7) is 3.72. The van der Waals surface area contributed by atoms with Gasteiger partial charge in [0.2, 0.25) is 0 Å². The van der Waals surface area contributed by atoms with Crippen LogP contribution in [0.25, 0.3) is 43.6 Å². The van der Waals surface area contributed by atoms with Gasteiger partial charge in [-0.15, -0.1) is 0 Å². The highest BCUT2D eigenvalue weighted by atomic mass is 15.4. The van der Waals surface area contributed by atoms with Gasteiger partial charge in [-0.2, -0.15) is 10.5 Å². The number of hydrogen-bond acceptors (Lipinski definition) is 3. The van der Waals surface area contributed by atoms with Crippen LogP contribution in [0.1, 0.15) is 28.7 Å². The summed E-state index contributed by atoms with van der Waals surface area (Å²) >= 11 is 0. The highest BCUT2D eigenvalue weighted by molar-refractivity contribution is 5.98. The van der Waals surface area contributed by atoms with E-state index < -0.39 is 0 Å². The first kappa shape index (κ1) is 30.0. The molecule has 0 saturated carbocycles. The smallest absolute Gasteiger partial charge is 0.147 e. The lowest BCUT2D eigenvalue weighted by Gasteiger charge is -2.48. The lowest BCUT2D eigenvalue weighted by Crippen LogP contribution is -2.62. The van der Waals surface area contributed by atoms with Crippen LogP contribution in [-0.4, -0.2) is 57.1 Å². The van der Waals surface area contributed by atoms with E-state index in [-0.39, 0.29) is 6.04 Å². The zero-order valence-corrected chi connectivity index (χ0v) is 27.7. The summed E-state index contributed by atoms with van der Waals surface area (Å²) in [5, 5.41) is 24.2. The predicted molar refractivity (Wildman–Crippen MR) is 201 cm³/mol. The third kappa shape index (κ3) is 4.81. The molecule has 8 nitrogen and oxygen atoms in total. The average molecular weight is 654 g/mol. The summed E-state index contributed by atoms with van der Waals surface area (Å²) in [5.41, 5.74) is 10.7.